The Hall–Kier alpha value is -3.76. The minimum atomic E-state index is -0.432. The van der Waals surface area contributed by atoms with Gasteiger partial charge in [0.2, 0.25) is 0 Å². The van der Waals surface area contributed by atoms with Crippen LogP contribution in [-0.2, 0) is 11.3 Å². The van der Waals surface area contributed by atoms with Crippen molar-refractivity contribution in [1.82, 2.24) is 25.2 Å². The van der Waals surface area contributed by atoms with Crippen LogP contribution in [0.25, 0.3) is 22.6 Å². The first kappa shape index (κ1) is 25.9. The summed E-state index contributed by atoms with van der Waals surface area (Å²) >= 11 is 6.52. The number of anilines is 1. The van der Waals surface area contributed by atoms with E-state index in [2.05, 4.69) is 25.5 Å². The molecule has 1 saturated heterocycles. The number of likely N-dealkylation sites (N-methyl/N-ethyl adjacent to an activating group) is 1. The molecule has 3 heterocycles. The lowest BCUT2D eigenvalue weighted by Gasteiger charge is -2.33. The van der Waals surface area contributed by atoms with Crippen LogP contribution in [0.1, 0.15) is 18.4 Å². The van der Waals surface area contributed by atoms with Gasteiger partial charge in [0.05, 0.1) is 16.9 Å². The molecule has 1 aliphatic heterocycles. The van der Waals surface area contributed by atoms with Crippen LogP contribution in [0.3, 0.4) is 0 Å². The Morgan fingerprint density at radius 2 is 1.95 bits per heavy atom. The number of fused-ring (bicyclic) bond motifs is 1. The molecular weight excluding hydrogens is 514 g/mol. The largest absolute Gasteiger partial charge is 0.484 e. The highest BCUT2D eigenvalue weighted by molar-refractivity contribution is 6.34. The van der Waals surface area contributed by atoms with Crippen LogP contribution in [0.4, 0.5) is 14.5 Å². The maximum atomic E-state index is 14.0. The van der Waals surface area contributed by atoms with E-state index in [1.165, 1.54) is 12.1 Å². The van der Waals surface area contributed by atoms with E-state index < -0.39 is 11.6 Å². The SMILES string of the molecule is CNC(=O)COc1ccc(-c2nc3c(NC4CCN(Cc5cc(F)ccc5F)CC4)c(Cl)cnc3[nH]2)cc1. The Balaban J connectivity index is 1.26. The zero-order chi connectivity index (χ0) is 26.6. The molecule has 5 rings (SSSR count). The van der Waals surface area contributed by atoms with Crippen LogP contribution in [-0.4, -0.2) is 58.5 Å². The summed E-state index contributed by atoms with van der Waals surface area (Å²) in [4.78, 5) is 25.9. The van der Waals surface area contributed by atoms with Gasteiger partial charge in [-0.2, -0.15) is 0 Å². The van der Waals surface area contributed by atoms with E-state index in [0.29, 0.717) is 45.6 Å². The number of rotatable bonds is 8. The average molecular weight is 541 g/mol. The van der Waals surface area contributed by atoms with E-state index in [1.54, 1.807) is 25.4 Å². The van der Waals surface area contributed by atoms with Crippen LogP contribution in [0.5, 0.6) is 5.75 Å². The molecule has 1 amide bonds. The fraction of sp³-hybridized carbons (Fsp3) is 0.296. The van der Waals surface area contributed by atoms with Gasteiger partial charge in [0, 0.05) is 43.9 Å². The maximum absolute atomic E-state index is 14.0. The predicted molar refractivity (Wildman–Crippen MR) is 142 cm³/mol. The van der Waals surface area contributed by atoms with Gasteiger partial charge in [-0.05, 0) is 55.3 Å². The molecule has 4 aromatic rings. The number of likely N-dealkylation sites (tertiary alicyclic amines) is 1. The molecule has 0 aliphatic carbocycles. The highest BCUT2D eigenvalue weighted by atomic mass is 35.5. The molecule has 198 valence electrons. The lowest BCUT2D eigenvalue weighted by atomic mass is 10.0. The maximum Gasteiger partial charge on any atom is 0.257 e. The fourth-order valence-electron chi connectivity index (χ4n) is 4.48. The van der Waals surface area contributed by atoms with Gasteiger partial charge in [0.1, 0.15) is 28.7 Å². The summed E-state index contributed by atoms with van der Waals surface area (Å²) in [6.07, 6.45) is 3.21. The Morgan fingerprint density at radius 3 is 2.68 bits per heavy atom. The highest BCUT2D eigenvalue weighted by Gasteiger charge is 2.23. The van der Waals surface area contributed by atoms with Gasteiger partial charge in [-0.1, -0.05) is 11.6 Å². The number of hydrogen-bond acceptors (Lipinski definition) is 6. The normalized spacial score (nSPS) is 14.5. The number of nitrogens with one attached hydrogen (secondary N) is 3. The van der Waals surface area contributed by atoms with Crippen molar-refractivity contribution in [3.63, 3.8) is 0 Å². The molecular formula is C27H27ClF2N6O2. The summed E-state index contributed by atoms with van der Waals surface area (Å²) in [6, 6.07) is 10.9. The number of carbonyl (C=O) groups excluding carboxylic acids is 1. The molecule has 3 N–H and O–H groups in total. The minimum Gasteiger partial charge on any atom is -0.484 e. The summed E-state index contributed by atoms with van der Waals surface area (Å²) in [5.41, 5.74) is 3.14. The van der Waals surface area contributed by atoms with E-state index in [4.69, 9.17) is 21.3 Å². The number of aromatic amines is 1. The number of benzene rings is 2. The summed E-state index contributed by atoms with van der Waals surface area (Å²) in [7, 11) is 1.56. The summed E-state index contributed by atoms with van der Waals surface area (Å²) < 4.78 is 33.0. The van der Waals surface area contributed by atoms with Crippen molar-refractivity contribution in [2.75, 3.05) is 32.1 Å². The lowest BCUT2D eigenvalue weighted by Crippen LogP contribution is -2.38. The standard InChI is InChI=1S/C27H27ClF2N6O2/c1-31-23(37)15-38-20-5-2-16(3-6-20)26-34-25-24(21(28)13-32-27(25)35-26)33-19-8-10-36(11-9-19)14-17-12-18(29)4-7-22(17)30/h2-7,12-13,19H,8-11,14-15H2,1H3,(H,31,37)(H2,32,33,34,35). The monoisotopic (exact) mass is 540 g/mol. The Kier molecular flexibility index (Phi) is 7.71. The van der Waals surface area contributed by atoms with Crippen molar-refractivity contribution in [2.45, 2.75) is 25.4 Å². The zero-order valence-corrected chi connectivity index (χ0v) is 21.5. The first-order chi connectivity index (χ1) is 18.4. The van der Waals surface area contributed by atoms with Gasteiger partial charge < -0.3 is 20.4 Å². The Morgan fingerprint density at radius 1 is 1.18 bits per heavy atom. The Labute approximate surface area is 223 Å². The second-order valence-electron chi connectivity index (χ2n) is 9.18. The molecule has 2 aromatic carbocycles. The molecule has 0 bridgehead atoms. The molecule has 1 aliphatic rings. The van der Waals surface area contributed by atoms with Crippen LogP contribution >= 0.6 is 11.6 Å². The molecule has 0 radical (unpaired) electrons. The molecule has 0 atom stereocenters. The number of imidazole rings is 1. The van der Waals surface area contributed by atoms with Crippen LogP contribution in [0.2, 0.25) is 5.02 Å². The second-order valence-corrected chi connectivity index (χ2v) is 9.59. The van der Waals surface area contributed by atoms with Crippen LogP contribution < -0.4 is 15.4 Å². The number of halogens is 3. The van der Waals surface area contributed by atoms with Gasteiger partial charge in [-0.25, -0.2) is 18.7 Å². The third kappa shape index (κ3) is 5.87. The topological polar surface area (TPSA) is 95.2 Å². The van der Waals surface area contributed by atoms with E-state index in [1.807, 2.05) is 12.1 Å². The smallest absolute Gasteiger partial charge is 0.257 e. The second kappa shape index (κ2) is 11.3. The summed E-state index contributed by atoms with van der Waals surface area (Å²) in [5.74, 6) is 0.169. The minimum absolute atomic E-state index is 0.0570. The molecule has 0 saturated carbocycles. The zero-order valence-electron chi connectivity index (χ0n) is 20.7. The molecule has 1 fully saturated rings. The summed E-state index contributed by atoms with van der Waals surface area (Å²) in [5, 5.41) is 6.51. The van der Waals surface area contributed by atoms with Gasteiger partial charge in [-0.15, -0.1) is 0 Å². The Bertz CT molecular complexity index is 1440. The number of aromatic nitrogens is 3. The average Bonchev–Trinajstić information content (AvgIpc) is 3.37. The van der Waals surface area contributed by atoms with Gasteiger partial charge in [-0.3, -0.25) is 9.69 Å². The van der Waals surface area contributed by atoms with Crippen molar-refractivity contribution in [3.8, 4) is 17.1 Å². The molecule has 11 heteroatoms. The third-order valence-corrected chi connectivity index (χ3v) is 6.87. The molecule has 2 aromatic heterocycles. The van der Waals surface area contributed by atoms with Crippen molar-refractivity contribution in [2.24, 2.45) is 0 Å². The number of hydrogen-bond donors (Lipinski definition) is 3. The van der Waals surface area contributed by atoms with Crippen molar-refractivity contribution in [3.05, 3.63) is 70.9 Å². The van der Waals surface area contributed by atoms with Crippen LogP contribution in [0.15, 0.2) is 48.7 Å². The number of pyridine rings is 1. The van der Waals surface area contributed by atoms with Crippen molar-refractivity contribution >= 4 is 34.4 Å². The number of ether oxygens (including phenoxy) is 1. The fourth-order valence-corrected chi connectivity index (χ4v) is 4.67. The quantitative estimate of drug-likeness (QED) is 0.298. The molecule has 38 heavy (non-hydrogen) atoms. The first-order valence-corrected chi connectivity index (χ1v) is 12.7. The molecule has 0 unspecified atom stereocenters. The van der Waals surface area contributed by atoms with Gasteiger partial charge in [0.15, 0.2) is 12.3 Å². The summed E-state index contributed by atoms with van der Waals surface area (Å²) in [6.45, 7) is 1.78. The van der Waals surface area contributed by atoms with Gasteiger partial charge in [0.25, 0.3) is 5.91 Å². The van der Waals surface area contributed by atoms with Crippen LogP contribution in [0, 0.1) is 11.6 Å². The number of amides is 1. The first-order valence-electron chi connectivity index (χ1n) is 12.3. The van der Waals surface area contributed by atoms with E-state index in [-0.39, 0.29) is 18.6 Å². The number of piperidine rings is 1. The molecule has 0 spiro atoms. The van der Waals surface area contributed by atoms with Crippen molar-refractivity contribution < 1.29 is 18.3 Å². The number of H-pyrrole nitrogens is 1. The van der Waals surface area contributed by atoms with E-state index in [9.17, 15) is 13.6 Å². The number of carbonyl (C=O) groups is 1. The highest BCUT2D eigenvalue weighted by Crippen LogP contribution is 2.32. The third-order valence-electron chi connectivity index (χ3n) is 6.58. The van der Waals surface area contributed by atoms with Crippen molar-refractivity contribution in [1.29, 1.82) is 0 Å². The predicted octanol–water partition coefficient (Wildman–Crippen LogP) is 4.76. The van der Waals surface area contributed by atoms with E-state index in [0.717, 1.165) is 37.6 Å². The lowest BCUT2D eigenvalue weighted by molar-refractivity contribution is -0.122. The number of nitrogens with zero attached hydrogens (tertiary/aromatic N) is 3. The van der Waals surface area contributed by atoms with Gasteiger partial charge >= 0.3 is 0 Å². The molecule has 8 nitrogen and oxygen atoms in total. The van der Waals surface area contributed by atoms with E-state index >= 15 is 0 Å².